The van der Waals surface area contributed by atoms with E-state index in [9.17, 15) is 0 Å². The number of aryl methyl sites for hydroxylation is 1. The summed E-state index contributed by atoms with van der Waals surface area (Å²) in [5.41, 5.74) is 1.13. The van der Waals surface area contributed by atoms with Crippen molar-refractivity contribution >= 4 is 0 Å². The van der Waals surface area contributed by atoms with E-state index in [2.05, 4.69) is 29.5 Å². The van der Waals surface area contributed by atoms with Crippen LogP contribution >= 0.6 is 0 Å². The minimum atomic E-state index is 0.196. The first-order chi connectivity index (χ1) is 8.26. The Labute approximate surface area is 103 Å². The molecule has 2 rings (SSSR count). The molecule has 1 aliphatic rings. The van der Waals surface area contributed by atoms with Gasteiger partial charge in [0, 0.05) is 6.54 Å². The molecule has 17 heavy (non-hydrogen) atoms. The molecule has 1 aromatic heterocycles. The Hall–Kier alpha value is -0.940. The van der Waals surface area contributed by atoms with Crippen molar-refractivity contribution in [2.24, 2.45) is 0 Å². The SMILES string of the molecule is CCCn1nncc1C(NC)C1CCC(C)O1. The maximum Gasteiger partial charge on any atom is 0.0790 e. The summed E-state index contributed by atoms with van der Waals surface area (Å²) in [4.78, 5) is 0. The van der Waals surface area contributed by atoms with E-state index < -0.39 is 0 Å². The summed E-state index contributed by atoms with van der Waals surface area (Å²) in [5.74, 6) is 0. The molecular formula is C12H22N4O. The summed E-state index contributed by atoms with van der Waals surface area (Å²) in [7, 11) is 1.97. The molecule has 96 valence electrons. The Kier molecular flexibility index (Phi) is 4.12. The molecule has 1 aromatic rings. The van der Waals surface area contributed by atoms with Gasteiger partial charge in [0.1, 0.15) is 0 Å². The summed E-state index contributed by atoms with van der Waals surface area (Å²) in [6.45, 7) is 5.19. The van der Waals surface area contributed by atoms with Gasteiger partial charge in [-0.1, -0.05) is 12.1 Å². The number of ether oxygens (including phenoxy) is 1. The molecule has 0 aliphatic carbocycles. The lowest BCUT2D eigenvalue weighted by Gasteiger charge is -2.23. The van der Waals surface area contributed by atoms with Gasteiger partial charge in [-0.3, -0.25) is 0 Å². The van der Waals surface area contributed by atoms with E-state index in [1.54, 1.807) is 0 Å². The van der Waals surface area contributed by atoms with Crippen LogP contribution in [0.3, 0.4) is 0 Å². The monoisotopic (exact) mass is 238 g/mol. The van der Waals surface area contributed by atoms with Gasteiger partial charge in [0.25, 0.3) is 0 Å². The fourth-order valence-corrected chi connectivity index (χ4v) is 2.49. The molecule has 3 atom stereocenters. The van der Waals surface area contributed by atoms with Crippen molar-refractivity contribution in [2.45, 2.75) is 57.9 Å². The van der Waals surface area contributed by atoms with Crippen LogP contribution in [0.1, 0.15) is 44.8 Å². The third-order valence-electron chi connectivity index (χ3n) is 3.35. The molecule has 5 heteroatoms. The Balaban J connectivity index is 2.14. The zero-order valence-electron chi connectivity index (χ0n) is 10.9. The third kappa shape index (κ3) is 2.66. The average molecular weight is 238 g/mol. The van der Waals surface area contributed by atoms with Crippen molar-refractivity contribution < 1.29 is 4.74 Å². The molecular weight excluding hydrogens is 216 g/mol. The molecule has 1 saturated heterocycles. The van der Waals surface area contributed by atoms with Crippen LogP contribution in [0, 0.1) is 0 Å². The topological polar surface area (TPSA) is 52.0 Å². The normalized spacial score (nSPS) is 26.3. The highest BCUT2D eigenvalue weighted by molar-refractivity contribution is 5.06. The number of hydrogen-bond acceptors (Lipinski definition) is 4. The Bertz CT molecular complexity index is 352. The second-order valence-corrected chi connectivity index (χ2v) is 4.71. The minimum absolute atomic E-state index is 0.196. The van der Waals surface area contributed by atoms with Crippen LogP contribution in [-0.2, 0) is 11.3 Å². The molecule has 0 amide bonds. The van der Waals surface area contributed by atoms with Gasteiger partial charge in [-0.15, -0.1) is 5.10 Å². The second-order valence-electron chi connectivity index (χ2n) is 4.71. The molecule has 1 fully saturated rings. The van der Waals surface area contributed by atoms with Gasteiger partial charge in [-0.05, 0) is 33.2 Å². The van der Waals surface area contributed by atoms with Crippen LogP contribution in [0.25, 0.3) is 0 Å². The number of rotatable bonds is 5. The van der Waals surface area contributed by atoms with Crippen LogP contribution in [0.15, 0.2) is 6.20 Å². The Morgan fingerprint density at radius 2 is 2.41 bits per heavy atom. The molecule has 0 saturated carbocycles. The first-order valence-electron chi connectivity index (χ1n) is 6.47. The highest BCUT2D eigenvalue weighted by atomic mass is 16.5. The van der Waals surface area contributed by atoms with E-state index in [1.807, 2.05) is 17.9 Å². The van der Waals surface area contributed by atoms with Crippen LogP contribution < -0.4 is 5.32 Å². The van der Waals surface area contributed by atoms with Crippen LogP contribution in [0.4, 0.5) is 0 Å². The number of aromatic nitrogens is 3. The first-order valence-corrected chi connectivity index (χ1v) is 6.47. The highest BCUT2D eigenvalue weighted by Crippen LogP contribution is 2.29. The number of hydrogen-bond donors (Lipinski definition) is 1. The lowest BCUT2D eigenvalue weighted by molar-refractivity contribution is 0.0313. The van der Waals surface area contributed by atoms with Crippen molar-refractivity contribution in [3.63, 3.8) is 0 Å². The van der Waals surface area contributed by atoms with E-state index in [-0.39, 0.29) is 12.1 Å². The van der Waals surface area contributed by atoms with Gasteiger partial charge < -0.3 is 10.1 Å². The van der Waals surface area contributed by atoms with Crippen LogP contribution in [-0.4, -0.2) is 34.2 Å². The summed E-state index contributed by atoms with van der Waals surface area (Å²) >= 11 is 0. The number of nitrogens with one attached hydrogen (secondary N) is 1. The third-order valence-corrected chi connectivity index (χ3v) is 3.35. The van der Waals surface area contributed by atoms with Crippen molar-refractivity contribution in [3.8, 4) is 0 Å². The van der Waals surface area contributed by atoms with Gasteiger partial charge in [-0.2, -0.15) is 0 Å². The second kappa shape index (κ2) is 5.60. The van der Waals surface area contributed by atoms with Crippen LogP contribution in [0.5, 0.6) is 0 Å². The quantitative estimate of drug-likeness (QED) is 0.845. The Morgan fingerprint density at radius 3 is 3.00 bits per heavy atom. The van der Waals surface area contributed by atoms with Crippen molar-refractivity contribution in [3.05, 3.63) is 11.9 Å². The van der Waals surface area contributed by atoms with Gasteiger partial charge in [0.05, 0.1) is 30.1 Å². The molecule has 0 bridgehead atoms. The van der Waals surface area contributed by atoms with Gasteiger partial charge in [0.2, 0.25) is 0 Å². The lowest BCUT2D eigenvalue weighted by Crippen LogP contribution is -2.31. The largest absolute Gasteiger partial charge is 0.373 e. The molecule has 3 unspecified atom stereocenters. The smallest absolute Gasteiger partial charge is 0.0790 e. The van der Waals surface area contributed by atoms with Gasteiger partial charge in [-0.25, -0.2) is 4.68 Å². The predicted molar refractivity (Wildman–Crippen MR) is 65.7 cm³/mol. The molecule has 1 aliphatic heterocycles. The molecule has 0 aromatic carbocycles. The molecule has 0 radical (unpaired) electrons. The van der Waals surface area contributed by atoms with Crippen molar-refractivity contribution in [2.75, 3.05) is 7.05 Å². The number of nitrogens with zero attached hydrogens (tertiary/aromatic N) is 3. The zero-order chi connectivity index (χ0) is 12.3. The first kappa shape index (κ1) is 12.5. The zero-order valence-corrected chi connectivity index (χ0v) is 10.9. The Morgan fingerprint density at radius 1 is 1.59 bits per heavy atom. The minimum Gasteiger partial charge on any atom is -0.373 e. The van der Waals surface area contributed by atoms with E-state index >= 15 is 0 Å². The number of likely N-dealkylation sites (N-methyl/N-ethyl adjacent to an activating group) is 1. The van der Waals surface area contributed by atoms with E-state index in [0.717, 1.165) is 31.5 Å². The lowest BCUT2D eigenvalue weighted by atomic mass is 10.0. The maximum absolute atomic E-state index is 5.94. The van der Waals surface area contributed by atoms with Crippen molar-refractivity contribution in [1.29, 1.82) is 0 Å². The van der Waals surface area contributed by atoms with Crippen molar-refractivity contribution in [1.82, 2.24) is 20.3 Å². The van der Waals surface area contributed by atoms with E-state index in [0.29, 0.717) is 6.10 Å². The van der Waals surface area contributed by atoms with E-state index in [4.69, 9.17) is 4.74 Å². The molecule has 1 N–H and O–H groups in total. The highest BCUT2D eigenvalue weighted by Gasteiger charge is 2.31. The summed E-state index contributed by atoms with van der Waals surface area (Å²) < 4.78 is 7.92. The summed E-state index contributed by atoms with van der Waals surface area (Å²) in [6, 6.07) is 0.196. The molecule has 2 heterocycles. The fourth-order valence-electron chi connectivity index (χ4n) is 2.49. The van der Waals surface area contributed by atoms with Crippen LogP contribution in [0.2, 0.25) is 0 Å². The summed E-state index contributed by atoms with van der Waals surface area (Å²) in [6.07, 6.45) is 5.76. The molecule has 5 nitrogen and oxygen atoms in total. The van der Waals surface area contributed by atoms with Gasteiger partial charge >= 0.3 is 0 Å². The predicted octanol–water partition coefficient (Wildman–Crippen LogP) is 1.52. The van der Waals surface area contributed by atoms with Gasteiger partial charge in [0.15, 0.2) is 0 Å². The standard InChI is InChI=1S/C12H22N4O/c1-4-7-16-10(8-14-15-16)12(13-3)11-6-5-9(2)17-11/h8-9,11-13H,4-7H2,1-3H3. The summed E-state index contributed by atoms with van der Waals surface area (Å²) in [5, 5.41) is 11.5. The van der Waals surface area contributed by atoms with E-state index in [1.165, 1.54) is 0 Å². The molecule has 0 spiro atoms. The average Bonchev–Trinajstić information content (AvgIpc) is 2.91. The maximum atomic E-state index is 5.94. The fraction of sp³-hybridized carbons (Fsp3) is 0.833.